The molecule has 2 saturated heterocycles. The molecule has 0 radical (unpaired) electrons. The maximum atomic E-state index is 17.8. The molecule has 16 nitrogen and oxygen atoms in total. The molecular formula is C52H60F2N4O12. The first-order chi connectivity index (χ1) is 33.1. The van der Waals surface area contributed by atoms with Crippen molar-refractivity contribution in [1.82, 2.24) is 15.7 Å². The molecule has 0 bridgehead atoms. The number of nitrogens with one attached hydrogen (secondary N) is 3. The molecule has 2 aromatic rings. The van der Waals surface area contributed by atoms with Crippen molar-refractivity contribution < 1.29 is 66.9 Å². The van der Waals surface area contributed by atoms with Crippen LogP contribution in [0.25, 0.3) is 0 Å². The molecule has 0 aromatic heterocycles. The van der Waals surface area contributed by atoms with Gasteiger partial charge in [0.25, 0.3) is 11.8 Å². The number of anilines is 1. The minimum Gasteiger partial charge on any atom is -0.390 e. The van der Waals surface area contributed by atoms with Crippen LogP contribution in [0.4, 0.5) is 14.5 Å². The lowest BCUT2D eigenvalue weighted by molar-refractivity contribution is -0.235. The number of allylic oxidation sites excluding steroid dienone is 5. The van der Waals surface area contributed by atoms with Crippen LogP contribution in [0.3, 0.4) is 0 Å². The number of ether oxygens (including phenoxy) is 2. The van der Waals surface area contributed by atoms with Gasteiger partial charge in [-0.05, 0) is 99.6 Å². The number of hydrogen-bond donors (Lipinski definition) is 5. The van der Waals surface area contributed by atoms with Crippen LogP contribution in [0.15, 0.2) is 84.5 Å². The maximum absolute atomic E-state index is 17.8. The lowest BCUT2D eigenvalue weighted by Crippen LogP contribution is -2.70. The molecule has 2 aromatic carbocycles. The summed E-state index contributed by atoms with van der Waals surface area (Å²) in [7, 11) is 0. The fourth-order valence-electron chi connectivity index (χ4n) is 12.0. The molecule has 2 aliphatic heterocycles. The van der Waals surface area contributed by atoms with E-state index in [2.05, 4.69) is 22.5 Å². The highest BCUT2D eigenvalue weighted by molar-refractivity contribution is 6.01. The first-order valence-electron chi connectivity index (χ1n) is 23.9. The largest absolute Gasteiger partial charge is 0.390 e. The van der Waals surface area contributed by atoms with Crippen molar-refractivity contribution in [2.45, 2.75) is 140 Å². The van der Waals surface area contributed by atoms with Gasteiger partial charge in [-0.2, -0.15) is 0 Å². The topological polar surface area (TPSA) is 227 Å². The van der Waals surface area contributed by atoms with Gasteiger partial charge in [0.2, 0.25) is 17.7 Å². The molecule has 5 amide bonds. The van der Waals surface area contributed by atoms with Gasteiger partial charge in [-0.25, -0.2) is 13.6 Å². The number of benzene rings is 2. The van der Waals surface area contributed by atoms with Gasteiger partial charge < -0.3 is 40.5 Å². The van der Waals surface area contributed by atoms with Crippen LogP contribution in [0, 0.1) is 22.7 Å². The fourth-order valence-corrected chi connectivity index (χ4v) is 12.0. The number of carbonyl (C=O) groups is 7. The number of carbonyl (C=O) groups excluding carboxylic acids is 7. The summed E-state index contributed by atoms with van der Waals surface area (Å²) in [6, 6.07) is 12.6. The number of hydroxylamine groups is 2. The van der Waals surface area contributed by atoms with Gasteiger partial charge >= 0.3 is 5.97 Å². The van der Waals surface area contributed by atoms with Gasteiger partial charge in [0, 0.05) is 53.7 Å². The molecule has 3 saturated carbocycles. The van der Waals surface area contributed by atoms with Crippen LogP contribution >= 0.6 is 0 Å². The molecule has 0 spiro atoms. The number of halogens is 2. The van der Waals surface area contributed by atoms with Crippen molar-refractivity contribution >= 4 is 47.0 Å². The number of fused-ring (bicyclic) bond motifs is 7. The molecule has 4 aliphatic carbocycles. The van der Waals surface area contributed by atoms with E-state index in [9.17, 15) is 43.8 Å². The van der Waals surface area contributed by atoms with E-state index in [1.807, 2.05) is 18.2 Å². The minimum atomic E-state index is -2.25. The van der Waals surface area contributed by atoms with Crippen LogP contribution in [-0.4, -0.2) is 105 Å². The highest BCUT2D eigenvalue weighted by atomic mass is 19.1. The van der Waals surface area contributed by atoms with Crippen molar-refractivity contribution in [3.8, 4) is 0 Å². The molecular weight excluding hydrogens is 911 g/mol. The summed E-state index contributed by atoms with van der Waals surface area (Å²) in [4.78, 5) is 92.4. The number of Topliss-reactive ketones (excluding diaryl/α,β-unsaturated/α-hetero) is 1. The smallest absolute Gasteiger partial charge is 0.333 e. The lowest BCUT2D eigenvalue weighted by Gasteiger charge is -2.63. The van der Waals surface area contributed by atoms with Gasteiger partial charge in [-0.1, -0.05) is 68.1 Å². The van der Waals surface area contributed by atoms with Crippen LogP contribution in [-0.2, 0) is 54.3 Å². The molecule has 6 aliphatic rings. The summed E-state index contributed by atoms with van der Waals surface area (Å²) in [5, 5.41) is 30.6. The summed E-state index contributed by atoms with van der Waals surface area (Å²) in [6.45, 7) is 9.40. The molecule has 5 N–H and O–H groups in total. The molecule has 374 valence electrons. The number of alkyl halides is 2. The SMILES string of the molecule is C=C1C=C[C@@]2(C)C(=C1)[C@@H](F)C[C@H]1[C@@H]3C[C@H]4O[C@@H](c5ccc(Cc6cccc(NC(=O)[C@H](C)NC(=O)[C@H](C)NC(=O)CCCCC(=O)ON7C(=O)CCC7=O)c6)cc5)O[C@@]4(C(=O)CO)[C@@]3(C)C[C@H](O)[C@@]12F. The maximum Gasteiger partial charge on any atom is 0.333 e. The monoisotopic (exact) mass is 970 g/mol. The van der Waals surface area contributed by atoms with E-state index in [-0.39, 0.29) is 63.4 Å². The third-order valence-corrected chi connectivity index (χ3v) is 15.6. The quantitative estimate of drug-likeness (QED) is 0.110. The average Bonchev–Trinajstić information content (AvgIpc) is 3.94. The van der Waals surface area contributed by atoms with Gasteiger partial charge in [-0.3, -0.25) is 28.8 Å². The highest BCUT2D eigenvalue weighted by Gasteiger charge is 2.80. The number of aliphatic hydroxyl groups is 2. The Kier molecular flexibility index (Phi) is 13.9. The molecule has 5 fully saturated rings. The Morgan fingerprint density at radius 2 is 1.61 bits per heavy atom. The van der Waals surface area contributed by atoms with E-state index in [0.717, 1.165) is 11.1 Å². The van der Waals surface area contributed by atoms with E-state index in [1.54, 1.807) is 62.4 Å². The summed E-state index contributed by atoms with van der Waals surface area (Å²) >= 11 is 0. The summed E-state index contributed by atoms with van der Waals surface area (Å²) in [6.07, 6.45) is 0.436. The predicted molar refractivity (Wildman–Crippen MR) is 247 cm³/mol. The standard InChI is InChI=1S/C52H60F2N4O12/c1-28-19-20-49(4)37(21-28)38(53)24-36-35-25-41-52(40(61)27-59,50(35,5)26-39(60)51(36,49)54)69-48(68-41)33-15-13-31(14-16-33)22-32-9-8-10-34(23-32)57-47(67)30(3)56-46(66)29(2)55-42(62)11-6-7-12-45(65)70-58-43(63)17-18-44(58)64/h8-10,13-16,19-21,23,29-30,35-36,38-39,41,48,59-60H,1,6-7,11-12,17-18,22,24-27H2,2-5H3,(H,55,62)(H,56,66)(H,57,67)/t29-,30-,35-,36-,38-,39-,41+,48+,49-,50-,51-,52+/m0/s1. The molecule has 8 rings (SSSR count). The molecule has 2 heterocycles. The van der Waals surface area contributed by atoms with E-state index < -0.39 is 119 Å². The zero-order chi connectivity index (χ0) is 50.5. The number of ketones is 1. The first-order valence-corrected chi connectivity index (χ1v) is 23.9. The van der Waals surface area contributed by atoms with Gasteiger partial charge in [0.1, 0.15) is 24.9 Å². The zero-order valence-electron chi connectivity index (χ0n) is 39.6. The number of aliphatic hydroxyl groups excluding tert-OH is 2. The second-order valence-electron chi connectivity index (χ2n) is 20.0. The van der Waals surface area contributed by atoms with Gasteiger partial charge in [0.05, 0.1) is 12.2 Å². The summed E-state index contributed by atoms with van der Waals surface area (Å²) in [5.74, 6) is -5.71. The Morgan fingerprint density at radius 1 is 0.929 bits per heavy atom. The predicted octanol–water partition coefficient (Wildman–Crippen LogP) is 5.02. The number of rotatable bonds is 16. The van der Waals surface area contributed by atoms with Crippen molar-refractivity contribution in [2.24, 2.45) is 22.7 Å². The van der Waals surface area contributed by atoms with Crippen LogP contribution < -0.4 is 16.0 Å². The van der Waals surface area contributed by atoms with Crippen LogP contribution in [0.5, 0.6) is 0 Å². The van der Waals surface area contributed by atoms with Crippen molar-refractivity contribution in [3.63, 3.8) is 0 Å². The zero-order valence-corrected chi connectivity index (χ0v) is 39.6. The first kappa shape index (κ1) is 50.4. The van der Waals surface area contributed by atoms with Crippen LogP contribution in [0.1, 0.15) is 108 Å². The molecule has 12 atom stereocenters. The fraction of sp³-hybridized carbons (Fsp3) is 0.519. The Hall–Kier alpha value is -5.95. The third kappa shape index (κ3) is 8.81. The molecule has 0 unspecified atom stereocenters. The van der Waals surface area contributed by atoms with Crippen molar-refractivity contribution in [1.29, 1.82) is 0 Å². The average molecular weight is 971 g/mol. The number of imide groups is 1. The Labute approximate surface area is 404 Å². The third-order valence-electron chi connectivity index (χ3n) is 15.6. The molecule has 18 heteroatoms. The lowest BCUT2D eigenvalue weighted by atomic mass is 9.44. The summed E-state index contributed by atoms with van der Waals surface area (Å²) < 4.78 is 47.1. The normalized spacial score (nSPS) is 32.7. The van der Waals surface area contributed by atoms with E-state index in [4.69, 9.17) is 14.3 Å². The van der Waals surface area contributed by atoms with Crippen LogP contribution in [0.2, 0.25) is 0 Å². The molecule has 70 heavy (non-hydrogen) atoms. The van der Waals surface area contributed by atoms with Gasteiger partial charge in [-0.15, -0.1) is 5.06 Å². The second-order valence-corrected chi connectivity index (χ2v) is 20.0. The van der Waals surface area contributed by atoms with Gasteiger partial charge in [0.15, 0.2) is 23.3 Å². The highest BCUT2D eigenvalue weighted by Crippen LogP contribution is 2.72. The number of nitrogens with zero attached hydrogens (tertiary/aromatic N) is 1. The van der Waals surface area contributed by atoms with Crippen molar-refractivity contribution in [2.75, 3.05) is 11.9 Å². The summed E-state index contributed by atoms with van der Waals surface area (Å²) in [5.41, 5.74) is -3.03. The minimum absolute atomic E-state index is 0.00255. The Bertz CT molecular complexity index is 2540. The Balaban J connectivity index is 0.833. The van der Waals surface area contributed by atoms with E-state index in [1.165, 1.54) is 13.8 Å². The van der Waals surface area contributed by atoms with E-state index in [0.29, 0.717) is 28.3 Å². The van der Waals surface area contributed by atoms with E-state index >= 15 is 8.78 Å². The Morgan fingerprint density at radius 3 is 2.31 bits per heavy atom. The second kappa shape index (κ2) is 19.3. The van der Waals surface area contributed by atoms with Crippen molar-refractivity contribution in [3.05, 3.63) is 101 Å². The number of amides is 5. The number of hydrogen-bond acceptors (Lipinski definition) is 12. The number of unbranched alkanes of at least 4 members (excludes halogenated alkanes) is 1.